The van der Waals surface area contributed by atoms with Crippen LogP contribution in [0.25, 0.3) is 11.0 Å². The van der Waals surface area contributed by atoms with Crippen LogP contribution in [0, 0.1) is 6.92 Å². The SMILES string of the molecule is Cc1c(CNC(=O)N(C)[C@H](C)c2cccnc2)oc2ccccc12. The number of nitrogens with one attached hydrogen (secondary N) is 1. The van der Waals surface area contributed by atoms with Crippen LogP contribution in [0.2, 0.25) is 0 Å². The fraction of sp³-hybridized carbons (Fsp3) is 0.263. The van der Waals surface area contributed by atoms with E-state index in [0.717, 1.165) is 27.9 Å². The van der Waals surface area contributed by atoms with Crippen molar-refractivity contribution in [2.24, 2.45) is 0 Å². The first-order chi connectivity index (χ1) is 11.6. The van der Waals surface area contributed by atoms with Gasteiger partial charge in [-0.1, -0.05) is 24.3 Å². The summed E-state index contributed by atoms with van der Waals surface area (Å²) in [5.41, 5.74) is 2.90. The average Bonchev–Trinajstić information content (AvgIpc) is 2.95. The van der Waals surface area contributed by atoms with Gasteiger partial charge in [-0.05, 0) is 31.5 Å². The Morgan fingerprint density at radius 2 is 2.08 bits per heavy atom. The van der Waals surface area contributed by atoms with Crippen molar-refractivity contribution < 1.29 is 9.21 Å². The van der Waals surface area contributed by atoms with E-state index in [1.165, 1.54) is 0 Å². The van der Waals surface area contributed by atoms with Crippen molar-refractivity contribution in [3.8, 4) is 0 Å². The first-order valence-electron chi connectivity index (χ1n) is 7.95. The fourth-order valence-corrected chi connectivity index (χ4v) is 2.70. The van der Waals surface area contributed by atoms with E-state index in [2.05, 4.69) is 10.3 Å². The molecule has 0 spiro atoms. The summed E-state index contributed by atoms with van der Waals surface area (Å²) in [4.78, 5) is 18.2. The molecule has 0 fully saturated rings. The predicted molar refractivity (Wildman–Crippen MR) is 93.6 cm³/mol. The van der Waals surface area contributed by atoms with E-state index in [-0.39, 0.29) is 12.1 Å². The molecule has 5 nitrogen and oxygen atoms in total. The highest BCUT2D eigenvalue weighted by atomic mass is 16.3. The number of fused-ring (bicyclic) bond motifs is 1. The number of furan rings is 1. The summed E-state index contributed by atoms with van der Waals surface area (Å²) in [7, 11) is 1.78. The first-order valence-corrected chi connectivity index (χ1v) is 7.95. The Morgan fingerprint density at radius 3 is 2.79 bits per heavy atom. The zero-order valence-electron chi connectivity index (χ0n) is 14.1. The molecule has 0 aliphatic heterocycles. The van der Waals surface area contributed by atoms with Gasteiger partial charge in [0.15, 0.2) is 0 Å². The fourth-order valence-electron chi connectivity index (χ4n) is 2.70. The zero-order chi connectivity index (χ0) is 17.1. The van der Waals surface area contributed by atoms with Crippen molar-refractivity contribution >= 4 is 17.0 Å². The van der Waals surface area contributed by atoms with Gasteiger partial charge in [0.1, 0.15) is 11.3 Å². The molecule has 1 N–H and O–H groups in total. The number of carbonyl (C=O) groups is 1. The van der Waals surface area contributed by atoms with Crippen molar-refractivity contribution in [3.05, 3.63) is 65.7 Å². The average molecular weight is 323 g/mol. The molecule has 2 heterocycles. The van der Waals surface area contributed by atoms with Gasteiger partial charge in [-0.3, -0.25) is 4.98 Å². The van der Waals surface area contributed by atoms with Crippen molar-refractivity contribution in [2.45, 2.75) is 26.4 Å². The molecule has 1 aromatic carbocycles. The molecule has 0 saturated carbocycles. The Kier molecular flexibility index (Phi) is 4.51. The molecule has 1 atom stereocenters. The normalized spacial score (nSPS) is 12.1. The van der Waals surface area contributed by atoms with Gasteiger partial charge in [0.25, 0.3) is 0 Å². The maximum absolute atomic E-state index is 12.4. The van der Waals surface area contributed by atoms with E-state index in [9.17, 15) is 4.79 Å². The van der Waals surface area contributed by atoms with Crippen LogP contribution < -0.4 is 5.32 Å². The number of aromatic nitrogens is 1. The number of carbonyl (C=O) groups excluding carboxylic acids is 1. The quantitative estimate of drug-likeness (QED) is 0.788. The van der Waals surface area contributed by atoms with Crippen LogP contribution in [0.4, 0.5) is 4.79 Å². The van der Waals surface area contributed by atoms with Gasteiger partial charge >= 0.3 is 6.03 Å². The summed E-state index contributed by atoms with van der Waals surface area (Å²) in [6.07, 6.45) is 3.50. The number of rotatable bonds is 4. The van der Waals surface area contributed by atoms with Crippen molar-refractivity contribution in [1.82, 2.24) is 15.2 Å². The maximum Gasteiger partial charge on any atom is 0.318 e. The lowest BCUT2D eigenvalue weighted by Gasteiger charge is -2.25. The molecular weight excluding hydrogens is 302 g/mol. The molecule has 2 amide bonds. The summed E-state index contributed by atoms with van der Waals surface area (Å²) >= 11 is 0. The number of para-hydroxylation sites is 1. The maximum atomic E-state index is 12.4. The smallest absolute Gasteiger partial charge is 0.318 e. The number of nitrogens with zero attached hydrogens (tertiary/aromatic N) is 2. The van der Waals surface area contributed by atoms with Gasteiger partial charge in [0.05, 0.1) is 12.6 Å². The molecule has 0 aliphatic rings. The summed E-state index contributed by atoms with van der Waals surface area (Å²) < 4.78 is 5.83. The highest BCUT2D eigenvalue weighted by Gasteiger charge is 2.18. The molecule has 0 saturated heterocycles. The monoisotopic (exact) mass is 323 g/mol. The summed E-state index contributed by atoms with van der Waals surface area (Å²) in [5, 5.41) is 4.01. The molecule has 0 aliphatic carbocycles. The molecule has 0 bridgehead atoms. The standard InChI is InChI=1S/C19H21N3O2/c1-13-16-8-4-5-9-17(16)24-18(13)12-21-19(23)22(3)14(2)15-7-6-10-20-11-15/h4-11,14H,12H2,1-3H3,(H,21,23)/t14-/m1/s1. The van der Waals surface area contributed by atoms with Crippen LogP contribution in [-0.4, -0.2) is 23.0 Å². The molecular formula is C19H21N3O2. The van der Waals surface area contributed by atoms with Crippen LogP contribution in [0.1, 0.15) is 29.9 Å². The highest BCUT2D eigenvalue weighted by Crippen LogP contribution is 2.25. The van der Waals surface area contributed by atoms with Crippen molar-refractivity contribution in [1.29, 1.82) is 0 Å². The lowest BCUT2D eigenvalue weighted by molar-refractivity contribution is 0.193. The Morgan fingerprint density at radius 1 is 1.29 bits per heavy atom. The molecule has 3 aromatic rings. The van der Waals surface area contributed by atoms with Gasteiger partial charge in [-0.25, -0.2) is 4.79 Å². The van der Waals surface area contributed by atoms with Gasteiger partial charge in [-0.15, -0.1) is 0 Å². The minimum atomic E-state index is -0.147. The molecule has 5 heteroatoms. The van der Waals surface area contributed by atoms with Crippen molar-refractivity contribution in [3.63, 3.8) is 0 Å². The third-order valence-corrected chi connectivity index (χ3v) is 4.41. The van der Waals surface area contributed by atoms with Gasteiger partial charge in [-0.2, -0.15) is 0 Å². The predicted octanol–water partition coefficient (Wildman–Crippen LogP) is 4.04. The summed E-state index contributed by atoms with van der Waals surface area (Å²) in [6, 6.07) is 11.5. The number of pyridine rings is 1. The van der Waals surface area contributed by atoms with Crippen LogP contribution in [0.3, 0.4) is 0 Å². The van der Waals surface area contributed by atoms with Gasteiger partial charge in [0.2, 0.25) is 0 Å². The molecule has 0 unspecified atom stereocenters. The second-order valence-corrected chi connectivity index (χ2v) is 5.88. The second kappa shape index (κ2) is 6.74. The lowest BCUT2D eigenvalue weighted by Crippen LogP contribution is -2.38. The topological polar surface area (TPSA) is 58.4 Å². The third-order valence-electron chi connectivity index (χ3n) is 4.41. The molecule has 124 valence electrons. The molecule has 24 heavy (non-hydrogen) atoms. The zero-order valence-corrected chi connectivity index (χ0v) is 14.1. The van der Waals surface area contributed by atoms with Crippen LogP contribution in [-0.2, 0) is 6.54 Å². The summed E-state index contributed by atoms with van der Waals surface area (Å²) in [5.74, 6) is 0.784. The third kappa shape index (κ3) is 3.11. The number of benzene rings is 1. The Balaban J connectivity index is 1.67. The van der Waals surface area contributed by atoms with Crippen LogP contribution >= 0.6 is 0 Å². The Hall–Kier alpha value is -2.82. The van der Waals surface area contributed by atoms with Crippen LogP contribution in [0.5, 0.6) is 0 Å². The van der Waals surface area contributed by atoms with E-state index in [0.29, 0.717) is 6.54 Å². The Labute approximate surface area is 141 Å². The minimum Gasteiger partial charge on any atom is -0.459 e. The number of hydrogen-bond donors (Lipinski definition) is 1. The van der Waals surface area contributed by atoms with E-state index in [1.807, 2.05) is 50.2 Å². The number of aryl methyl sites for hydroxylation is 1. The first kappa shape index (κ1) is 16.1. The second-order valence-electron chi connectivity index (χ2n) is 5.88. The lowest BCUT2D eigenvalue weighted by atomic mass is 10.1. The van der Waals surface area contributed by atoms with E-state index in [4.69, 9.17) is 4.42 Å². The van der Waals surface area contributed by atoms with E-state index in [1.54, 1.807) is 24.3 Å². The minimum absolute atomic E-state index is 0.0597. The summed E-state index contributed by atoms with van der Waals surface area (Å²) in [6.45, 7) is 4.35. The van der Waals surface area contributed by atoms with Crippen molar-refractivity contribution in [2.75, 3.05) is 7.05 Å². The molecule has 3 rings (SSSR count). The highest BCUT2D eigenvalue weighted by molar-refractivity contribution is 5.82. The number of amides is 2. The van der Waals surface area contributed by atoms with Crippen LogP contribution in [0.15, 0.2) is 53.2 Å². The van der Waals surface area contributed by atoms with Gasteiger partial charge in [0, 0.05) is 30.4 Å². The largest absolute Gasteiger partial charge is 0.459 e. The number of urea groups is 1. The molecule has 2 aromatic heterocycles. The van der Waals surface area contributed by atoms with E-state index >= 15 is 0 Å². The number of hydrogen-bond acceptors (Lipinski definition) is 3. The molecule has 0 radical (unpaired) electrons. The van der Waals surface area contributed by atoms with Gasteiger partial charge < -0.3 is 14.6 Å². The Bertz CT molecular complexity index is 842. The van der Waals surface area contributed by atoms with E-state index < -0.39 is 0 Å².